The Morgan fingerprint density at radius 3 is 2.50 bits per heavy atom. The van der Waals surface area contributed by atoms with Crippen LogP contribution in [0.2, 0.25) is 0 Å². The van der Waals surface area contributed by atoms with Gasteiger partial charge in [0.25, 0.3) is 0 Å². The summed E-state index contributed by atoms with van der Waals surface area (Å²) >= 11 is 0. The number of benzene rings is 1. The Labute approximate surface area is 177 Å². The number of carbonyl (C=O) groups excluding carboxylic acids is 1. The van der Waals surface area contributed by atoms with Crippen LogP contribution < -0.4 is 5.32 Å². The average Bonchev–Trinajstić information content (AvgIpc) is 3.30. The molecule has 1 aliphatic carbocycles. The van der Waals surface area contributed by atoms with Gasteiger partial charge in [-0.3, -0.25) is 14.2 Å². The maximum absolute atomic E-state index is 13.0. The molecule has 2 aromatic heterocycles. The Bertz CT molecular complexity index is 1130. The molecule has 0 aliphatic heterocycles. The normalized spacial score (nSPS) is 14.6. The van der Waals surface area contributed by atoms with E-state index in [9.17, 15) is 31.1 Å². The van der Waals surface area contributed by atoms with Crippen molar-refractivity contribution in [2.75, 3.05) is 5.32 Å². The van der Waals surface area contributed by atoms with Crippen molar-refractivity contribution in [3.05, 3.63) is 65.2 Å². The maximum atomic E-state index is 13.0. The molecule has 1 amide bonds. The molecule has 4 rings (SSSR count). The predicted octanol–water partition coefficient (Wildman–Crippen LogP) is 4.68. The van der Waals surface area contributed by atoms with E-state index >= 15 is 0 Å². The minimum Gasteiger partial charge on any atom is -0.322 e. The molecule has 1 N–H and O–H groups in total. The highest BCUT2D eigenvalue weighted by molar-refractivity contribution is 5.90. The van der Waals surface area contributed by atoms with Gasteiger partial charge in [0.15, 0.2) is 5.69 Å². The lowest BCUT2D eigenvalue weighted by molar-refractivity contribution is -0.141. The summed E-state index contributed by atoms with van der Waals surface area (Å²) in [5, 5.41) is 10.1. The monoisotopic (exact) mass is 457 g/mol. The summed E-state index contributed by atoms with van der Waals surface area (Å²) in [5.41, 5.74) is -0.822. The number of nitrogens with one attached hydrogen (secondary N) is 1. The molecule has 0 atom stereocenters. The highest BCUT2D eigenvalue weighted by atomic mass is 19.4. The molecule has 1 fully saturated rings. The molecule has 32 heavy (non-hydrogen) atoms. The number of halogens is 6. The first kappa shape index (κ1) is 21.9. The molecule has 0 unspecified atom stereocenters. The molecule has 12 heteroatoms. The zero-order valence-electron chi connectivity index (χ0n) is 16.4. The lowest BCUT2D eigenvalue weighted by Crippen LogP contribution is -2.21. The van der Waals surface area contributed by atoms with Crippen LogP contribution in [0.5, 0.6) is 0 Å². The van der Waals surface area contributed by atoms with Crippen LogP contribution in [-0.2, 0) is 30.2 Å². The molecule has 1 saturated carbocycles. The first-order valence-corrected chi connectivity index (χ1v) is 9.62. The van der Waals surface area contributed by atoms with Gasteiger partial charge >= 0.3 is 12.4 Å². The molecule has 3 aromatic rings. The highest BCUT2D eigenvalue weighted by Crippen LogP contribution is 2.42. The van der Waals surface area contributed by atoms with Gasteiger partial charge in [0, 0.05) is 17.8 Å². The summed E-state index contributed by atoms with van der Waals surface area (Å²) in [6, 6.07) is 5.76. The van der Waals surface area contributed by atoms with Crippen LogP contribution >= 0.6 is 0 Å². The number of alkyl halides is 6. The Hall–Kier alpha value is -3.31. The van der Waals surface area contributed by atoms with E-state index in [-0.39, 0.29) is 18.2 Å². The van der Waals surface area contributed by atoms with E-state index in [4.69, 9.17) is 0 Å². The van der Waals surface area contributed by atoms with Crippen molar-refractivity contribution in [2.24, 2.45) is 0 Å². The standard InChI is InChI=1S/C20H17F6N5O/c21-19(22,23)14-3-1-2-12(6-14)9-30-10-15(8-27-30)28-18(32)11-31-16(13-4-5-13)7-17(29-31)20(24,25)26/h1-3,6-8,10,13H,4-5,9,11H2,(H,28,32). The fourth-order valence-electron chi connectivity index (χ4n) is 3.29. The number of amides is 1. The Morgan fingerprint density at radius 1 is 1.09 bits per heavy atom. The van der Waals surface area contributed by atoms with Gasteiger partial charge in [-0.15, -0.1) is 0 Å². The van der Waals surface area contributed by atoms with E-state index in [1.54, 1.807) is 0 Å². The number of anilines is 1. The highest BCUT2D eigenvalue weighted by Gasteiger charge is 2.38. The van der Waals surface area contributed by atoms with Gasteiger partial charge in [-0.25, -0.2) is 0 Å². The summed E-state index contributed by atoms with van der Waals surface area (Å²) < 4.78 is 79.8. The molecule has 6 nitrogen and oxygen atoms in total. The van der Waals surface area contributed by atoms with Crippen LogP contribution in [0.4, 0.5) is 32.0 Å². The fourth-order valence-corrected chi connectivity index (χ4v) is 3.29. The van der Waals surface area contributed by atoms with E-state index in [0.717, 1.165) is 35.7 Å². The maximum Gasteiger partial charge on any atom is 0.435 e. The third-order valence-electron chi connectivity index (χ3n) is 4.91. The quantitative estimate of drug-likeness (QED) is 0.547. The van der Waals surface area contributed by atoms with Crippen molar-refractivity contribution in [3.63, 3.8) is 0 Å². The van der Waals surface area contributed by atoms with Crippen LogP contribution in [0.15, 0.2) is 42.7 Å². The number of hydrogen-bond acceptors (Lipinski definition) is 3. The second-order valence-corrected chi connectivity index (χ2v) is 7.56. The van der Waals surface area contributed by atoms with Crippen LogP contribution in [0.25, 0.3) is 0 Å². The van der Waals surface area contributed by atoms with Crippen molar-refractivity contribution in [3.8, 4) is 0 Å². The molecule has 0 spiro atoms. The number of carbonyl (C=O) groups is 1. The summed E-state index contributed by atoms with van der Waals surface area (Å²) in [5.74, 6) is -0.635. The fraction of sp³-hybridized carbons (Fsp3) is 0.350. The topological polar surface area (TPSA) is 64.7 Å². The van der Waals surface area contributed by atoms with E-state index in [2.05, 4.69) is 15.5 Å². The van der Waals surface area contributed by atoms with Crippen molar-refractivity contribution < 1.29 is 31.1 Å². The van der Waals surface area contributed by atoms with E-state index in [1.165, 1.54) is 29.2 Å². The van der Waals surface area contributed by atoms with Gasteiger partial charge in [0.05, 0.1) is 24.0 Å². The molecule has 0 radical (unpaired) electrons. The van der Waals surface area contributed by atoms with Gasteiger partial charge < -0.3 is 5.32 Å². The third kappa shape index (κ3) is 5.11. The summed E-state index contributed by atoms with van der Waals surface area (Å²) in [6.07, 6.45) is -4.85. The van der Waals surface area contributed by atoms with Crippen molar-refractivity contribution >= 4 is 11.6 Å². The van der Waals surface area contributed by atoms with Crippen LogP contribution in [-0.4, -0.2) is 25.5 Å². The van der Waals surface area contributed by atoms with Crippen molar-refractivity contribution in [1.29, 1.82) is 0 Å². The number of nitrogens with zero attached hydrogens (tertiary/aromatic N) is 4. The van der Waals surface area contributed by atoms with Gasteiger partial charge in [-0.2, -0.15) is 36.5 Å². The zero-order valence-corrected chi connectivity index (χ0v) is 16.4. The van der Waals surface area contributed by atoms with Crippen LogP contribution in [0, 0.1) is 0 Å². The third-order valence-corrected chi connectivity index (χ3v) is 4.91. The van der Waals surface area contributed by atoms with E-state index < -0.39 is 36.1 Å². The van der Waals surface area contributed by atoms with Crippen LogP contribution in [0.1, 0.15) is 41.3 Å². The lowest BCUT2D eigenvalue weighted by atomic mass is 10.1. The first-order chi connectivity index (χ1) is 15.0. The molecule has 1 aliphatic rings. The van der Waals surface area contributed by atoms with Gasteiger partial charge in [-0.1, -0.05) is 12.1 Å². The van der Waals surface area contributed by atoms with Gasteiger partial charge in [-0.05, 0) is 36.6 Å². The molecule has 2 heterocycles. The molecule has 0 bridgehead atoms. The zero-order chi connectivity index (χ0) is 23.1. The molecule has 1 aromatic carbocycles. The Kier molecular flexibility index (Phi) is 5.47. The minimum absolute atomic E-state index is 0.0402. The lowest BCUT2D eigenvalue weighted by Gasteiger charge is -2.09. The summed E-state index contributed by atoms with van der Waals surface area (Å²) in [6.45, 7) is -0.361. The Morgan fingerprint density at radius 2 is 1.84 bits per heavy atom. The largest absolute Gasteiger partial charge is 0.435 e. The van der Waals surface area contributed by atoms with Gasteiger partial charge in [0.2, 0.25) is 5.91 Å². The number of hydrogen-bond donors (Lipinski definition) is 1. The SMILES string of the molecule is O=C(Cn1nc(C(F)(F)F)cc1C1CC1)Nc1cnn(Cc2cccc(C(F)(F)F)c2)c1. The average molecular weight is 457 g/mol. The van der Waals surface area contributed by atoms with Crippen molar-refractivity contribution in [2.45, 2.75) is 44.2 Å². The number of rotatable bonds is 6. The molecular formula is C20H17F6N5O. The second kappa shape index (κ2) is 7.99. The number of aromatic nitrogens is 4. The second-order valence-electron chi connectivity index (χ2n) is 7.56. The van der Waals surface area contributed by atoms with E-state index in [0.29, 0.717) is 11.3 Å². The predicted molar refractivity (Wildman–Crippen MR) is 101 cm³/mol. The van der Waals surface area contributed by atoms with Crippen molar-refractivity contribution in [1.82, 2.24) is 19.6 Å². The van der Waals surface area contributed by atoms with Crippen LogP contribution in [0.3, 0.4) is 0 Å². The first-order valence-electron chi connectivity index (χ1n) is 9.62. The Balaban J connectivity index is 1.41. The van der Waals surface area contributed by atoms with Gasteiger partial charge in [0.1, 0.15) is 6.54 Å². The molecular weight excluding hydrogens is 440 g/mol. The van der Waals surface area contributed by atoms with E-state index in [1.807, 2.05) is 0 Å². The summed E-state index contributed by atoms with van der Waals surface area (Å²) in [7, 11) is 0. The summed E-state index contributed by atoms with van der Waals surface area (Å²) in [4.78, 5) is 12.3. The smallest absolute Gasteiger partial charge is 0.322 e. The molecule has 170 valence electrons. The molecule has 0 saturated heterocycles. The minimum atomic E-state index is -4.60.